The molecule has 1 saturated heterocycles. The molecule has 7 nitrogen and oxygen atoms in total. The van der Waals surface area contributed by atoms with Gasteiger partial charge in [-0.15, -0.1) is 0 Å². The highest BCUT2D eigenvalue weighted by Gasteiger charge is 2.31. The maximum Gasteiger partial charge on any atom is 0.405 e. The molecule has 1 atom stereocenters. The summed E-state index contributed by atoms with van der Waals surface area (Å²) in [6.07, 6.45) is -0.116. The zero-order chi connectivity index (χ0) is 21.6. The van der Waals surface area contributed by atoms with Crippen LogP contribution in [-0.4, -0.2) is 48.9 Å². The maximum atomic E-state index is 12.9. The van der Waals surface area contributed by atoms with E-state index in [-0.39, 0.29) is 11.9 Å². The second-order valence-electron chi connectivity index (χ2n) is 7.23. The normalized spacial score (nSPS) is 16.8. The van der Waals surface area contributed by atoms with Gasteiger partial charge in [-0.25, -0.2) is 17.5 Å². The molecule has 30 heavy (non-hydrogen) atoms. The smallest absolute Gasteiger partial charge is 0.405 e. The highest BCUT2D eigenvalue weighted by atomic mass is 35.5. The van der Waals surface area contributed by atoms with E-state index in [2.05, 4.69) is 5.32 Å². The van der Waals surface area contributed by atoms with Crippen LogP contribution in [0.2, 0.25) is 5.02 Å². The van der Waals surface area contributed by atoms with Crippen molar-refractivity contribution in [1.29, 1.82) is 0 Å². The van der Waals surface area contributed by atoms with E-state index in [1.807, 2.05) is 18.2 Å². The number of hydrogen-bond acceptors (Lipinski definition) is 4. The Kier molecular flexibility index (Phi) is 7.71. The predicted molar refractivity (Wildman–Crippen MR) is 115 cm³/mol. The number of nitrogens with one attached hydrogen (secondary N) is 1. The van der Waals surface area contributed by atoms with Gasteiger partial charge in [-0.3, -0.25) is 0 Å². The van der Waals surface area contributed by atoms with E-state index >= 15 is 0 Å². The quantitative estimate of drug-likeness (QED) is 0.637. The van der Waals surface area contributed by atoms with Crippen LogP contribution < -0.4 is 5.32 Å². The molecule has 1 fully saturated rings. The average Bonchev–Trinajstić information content (AvgIpc) is 2.72. The van der Waals surface area contributed by atoms with Crippen molar-refractivity contribution >= 4 is 27.7 Å². The van der Waals surface area contributed by atoms with Crippen LogP contribution >= 0.6 is 11.6 Å². The van der Waals surface area contributed by atoms with Gasteiger partial charge in [0.15, 0.2) is 0 Å². The summed E-state index contributed by atoms with van der Waals surface area (Å²) < 4.78 is 33.2. The second-order valence-corrected chi connectivity index (χ2v) is 9.68. The first-order valence-corrected chi connectivity index (χ1v) is 11.7. The zero-order valence-corrected chi connectivity index (χ0v) is 18.0. The lowest BCUT2D eigenvalue weighted by Gasteiger charge is -2.32. The third kappa shape index (κ3) is 6.43. The van der Waals surface area contributed by atoms with Gasteiger partial charge in [-0.05, 0) is 36.1 Å². The molecule has 0 spiro atoms. The number of carboxylic acid groups (broad SMARTS) is 1. The Morgan fingerprint density at radius 2 is 1.87 bits per heavy atom. The molecule has 0 aliphatic carbocycles. The minimum atomic E-state index is -3.64. The summed E-state index contributed by atoms with van der Waals surface area (Å²) in [5.74, 6) is -0.322. The zero-order valence-electron chi connectivity index (χ0n) is 16.4. The summed E-state index contributed by atoms with van der Waals surface area (Å²) in [7, 11) is -3.64. The first kappa shape index (κ1) is 22.6. The minimum absolute atomic E-state index is 0.0301. The van der Waals surface area contributed by atoms with Crippen LogP contribution in [0.5, 0.6) is 0 Å². The van der Waals surface area contributed by atoms with Gasteiger partial charge in [0.1, 0.15) is 0 Å². The van der Waals surface area contributed by atoms with Crippen molar-refractivity contribution in [3.63, 3.8) is 0 Å². The molecule has 0 aromatic heterocycles. The number of benzene rings is 2. The van der Waals surface area contributed by atoms with E-state index in [0.717, 1.165) is 5.56 Å². The lowest BCUT2D eigenvalue weighted by Crippen LogP contribution is -2.44. The molecule has 0 saturated carbocycles. The fraction of sp³-hybridized carbons (Fsp3) is 0.381. The van der Waals surface area contributed by atoms with Crippen LogP contribution in [-0.2, 0) is 21.4 Å². The first-order chi connectivity index (χ1) is 14.3. The van der Waals surface area contributed by atoms with Gasteiger partial charge < -0.3 is 15.2 Å². The Labute approximate surface area is 181 Å². The van der Waals surface area contributed by atoms with Crippen molar-refractivity contribution in [3.05, 3.63) is 70.7 Å². The lowest BCUT2D eigenvalue weighted by atomic mass is 10.1. The number of rotatable bonds is 8. The first-order valence-electron chi connectivity index (χ1n) is 9.72. The largest absolute Gasteiger partial charge is 0.465 e. The summed E-state index contributed by atoms with van der Waals surface area (Å²) in [6, 6.07) is 15.3. The van der Waals surface area contributed by atoms with Crippen molar-refractivity contribution in [1.82, 2.24) is 9.62 Å². The number of halogens is 1. The third-order valence-corrected chi connectivity index (χ3v) is 7.19. The summed E-state index contributed by atoms with van der Waals surface area (Å²) >= 11 is 5.98. The predicted octanol–water partition coefficient (Wildman–Crippen LogP) is 3.66. The Hall–Kier alpha value is -2.13. The van der Waals surface area contributed by atoms with E-state index in [0.29, 0.717) is 43.1 Å². The summed E-state index contributed by atoms with van der Waals surface area (Å²) in [4.78, 5) is 11.2. The van der Waals surface area contributed by atoms with E-state index in [9.17, 15) is 13.2 Å². The van der Waals surface area contributed by atoms with Crippen LogP contribution in [0.4, 0.5) is 4.79 Å². The van der Waals surface area contributed by atoms with Crippen LogP contribution in [0.3, 0.4) is 0 Å². The number of carbonyl (C=O) groups is 1. The summed E-state index contributed by atoms with van der Waals surface area (Å²) in [6.45, 7) is 1.12. The van der Waals surface area contributed by atoms with Crippen LogP contribution in [0, 0.1) is 0 Å². The molecule has 0 unspecified atom stereocenters. The molecule has 9 heteroatoms. The number of nitrogens with zero attached hydrogens (tertiary/aromatic N) is 1. The van der Waals surface area contributed by atoms with E-state index in [1.165, 1.54) is 4.31 Å². The van der Waals surface area contributed by atoms with Gasteiger partial charge in [-0.1, -0.05) is 54.1 Å². The van der Waals surface area contributed by atoms with Crippen molar-refractivity contribution in [2.24, 2.45) is 0 Å². The van der Waals surface area contributed by atoms with Gasteiger partial charge in [0.25, 0.3) is 0 Å². The fourth-order valence-corrected chi connectivity index (χ4v) is 5.38. The van der Waals surface area contributed by atoms with E-state index in [1.54, 1.807) is 36.4 Å². The van der Waals surface area contributed by atoms with Gasteiger partial charge in [0.05, 0.1) is 24.5 Å². The molecule has 2 aromatic carbocycles. The third-order valence-electron chi connectivity index (χ3n) is 5.05. The SMILES string of the molecule is O=C(O)N[C@@H](CS(=O)(=O)N1CCC(OCc2cccc(Cl)c2)CC1)c1ccccc1. The van der Waals surface area contributed by atoms with E-state index < -0.39 is 22.2 Å². The Balaban J connectivity index is 1.56. The van der Waals surface area contributed by atoms with Gasteiger partial charge in [0.2, 0.25) is 10.0 Å². The van der Waals surface area contributed by atoms with Gasteiger partial charge in [-0.2, -0.15) is 0 Å². The molecule has 2 aromatic rings. The monoisotopic (exact) mass is 452 g/mol. The van der Waals surface area contributed by atoms with Gasteiger partial charge >= 0.3 is 6.09 Å². The van der Waals surface area contributed by atoms with Crippen molar-refractivity contribution in [3.8, 4) is 0 Å². The topological polar surface area (TPSA) is 95.9 Å². The molecule has 0 bridgehead atoms. The second kappa shape index (κ2) is 10.3. The number of piperidine rings is 1. The molecule has 0 radical (unpaired) electrons. The molecule has 3 rings (SSSR count). The Morgan fingerprint density at radius 3 is 2.50 bits per heavy atom. The van der Waals surface area contributed by atoms with E-state index in [4.69, 9.17) is 21.4 Å². The Bertz CT molecular complexity index is 947. The fourth-order valence-electron chi connectivity index (χ4n) is 3.49. The van der Waals surface area contributed by atoms with Crippen molar-refractivity contribution < 1.29 is 23.1 Å². The number of sulfonamides is 1. The molecular formula is C21H25ClN2O5S. The molecule has 1 heterocycles. The highest BCUT2D eigenvalue weighted by molar-refractivity contribution is 7.89. The molecule has 1 aliphatic rings. The summed E-state index contributed by atoms with van der Waals surface area (Å²) in [5.41, 5.74) is 1.59. The maximum absolute atomic E-state index is 12.9. The van der Waals surface area contributed by atoms with Gasteiger partial charge in [0, 0.05) is 18.1 Å². The van der Waals surface area contributed by atoms with Crippen LogP contribution in [0.1, 0.15) is 30.0 Å². The number of ether oxygens (including phenoxy) is 1. The van der Waals surface area contributed by atoms with Crippen molar-refractivity contribution in [2.45, 2.75) is 31.6 Å². The van der Waals surface area contributed by atoms with Crippen molar-refractivity contribution in [2.75, 3.05) is 18.8 Å². The molecule has 2 N–H and O–H groups in total. The number of hydrogen-bond donors (Lipinski definition) is 2. The molecule has 1 amide bonds. The molecule has 1 aliphatic heterocycles. The molecule has 162 valence electrons. The summed E-state index contributed by atoms with van der Waals surface area (Å²) in [5, 5.41) is 12.1. The van der Waals surface area contributed by atoms with Crippen LogP contribution in [0.15, 0.2) is 54.6 Å². The minimum Gasteiger partial charge on any atom is -0.465 e. The molecular weight excluding hydrogens is 428 g/mol. The van der Waals surface area contributed by atoms with Crippen LogP contribution in [0.25, 0.3) is 0 Å². The Morgan fingerprint density at radius 1 is 1.17 bits per heavy atom. The highest BCUT2D eigenvalue weighted by Crippen LogP contribution is 2.22. The lowest BCUT2D eigenvalue weighted by molar-refractivity contribution is 0.0102. The standard InChI is InChI=1S/C21H25ClN2O5S/c22-18-8-4-5-16(13-18)14-29-19-9-11-24(12-10-19)30(27,28)15-20(23-21(25)26)17-6-2-1-3-7-17/h1-8,13,19-20,23H,9-12,14-15H2,(H,25,26)/t20-/m0/s1. The number of amides is 1. The average molecular weight is 453 g/mol.